The molecule has 2 aromatic rings. The summed E-state index contributed by atoms with van der Waals surface area (Å²) in [6, 6.07) is 5.43. The number of rotatable bonds is 2. The number of hydrogen-bond donors (Lipinski definition) is 0. The number of fused-ring (bicyclic) bond motifs is 1. The first-order chi connectivity index (χ1) is 10.4. The minimum Gasteiger partial charge on any atom is -0.258 e. The molecular formula is C11H6F3N5O2S. The summed E-state index contributed by atoms with van der Waals surface area (Å²) in [5, 5.41) is 21.1. The topological polar surface area (TPSA) is 86.2 Å². The van der Waals surface area contributed by atoms with Crippen molar-refractivity contribution in [2.75, 3.05) is 5.75 Å². The van der Waals surface area contributed by atoms with Crippen LogP contribution in [-0.2, 0) is 6.18 Å². The molecule has 11 heteroatoms. The predicted octanol–water partition coefficient (Wildman–Crippen LogP) is 2.56. The number of aromatic nitrogens is 3. The third kappa shape index (κ3) is 2.54. The lowest BCUT2D eigenvalue weighted by atomic mass is 10.1. The molecule has 0 aliphatic carbocycles. The third-order valence-electron chi connectivity index (χ3n) is 2.84. The molecule has 1 aliphatic rings. The van der Waals surface area contributed by atoms with Crippen LogP contribution in [0.1, 0.15) is 11.4 Å². The zero-order chi connectivity index (χ0) is 15.9. The van der Waals surface area contributed by atoms with Gasteiger partial charge in [0.2, 0.25) is 5.16 Å². The van der Waals surface area contributed by atoms with Gasteiger partial charge in [-0.1, -0.05) is 11.8 Å². The van der Waals surface area contributed by atoms with Gasteiger partial charge < -0.3 is 0 Å². The Morgan fingerprint density at radius 1 is 1.23 bits per heavy atom. The molecule has 0 saturated heterocycles. The zero-order valence-corrected chi connectivity index (χ0v) is 11.4. The number of non-ortho nitro benzene ring substituents is 1. The summed E-state index contributed by atoms with van der Waals surface area (Å²) < 4.78 is 39.1. The van der Waals surface area contributed by atoms with Crippen LogP contribution in [0.5, 0.6) is 0 Å². The molecule has 0 radical (unpaired) electrons. The quantitative estimate of drug-likeness (QED) is 0.624. The molecule has 114 valence electrons. The van der Waals surface area contributed by atoms with Crippen LogP contribution in [0.25, 0.3) is 0 Å². The van der Waals surface area contributed by atoms with Crippen LogP contribution in [0.3, 0.4) is 0 Å². The van der Waals surface area contributed by atoms with E-state index in [0.717, 1.165) is 11.8 Å². The second-order valence-electron chi connectivity index (χ2n) is 4.26. The zero-order valence-electron chi connectivity index (χ0n) is 10.6. The molecular weight excluding hydrogens is 323 g/mol. The van der Waals surface area contributed by atoms with Crippen molar-refractivity contribution < 1.29 is 18.1 Å². The maximum atomic E-state index is 12.8. The van der Waals surface area contributed by atoms with Gasteiger partial charge >= 0.3 is 6.18 Å². The van der Waals surface area contributed by atoms with Gasteiger partial charge in [0.25, 0.3) is 11.5 Å². The smallest absolute Gasteiger partial charge is 0.258 e. The number of nitrogens with zero attached hydrogens (tertiary/aromatic N) is 5. The van der Waals surface area contributed by atoms with Gasteiger partial charge in [0.05, 0.1) is 10.6 Å². The SMILES string of the molecule is O=[N+]([O-])c1ccc(C2=Nn3c(nnc3C(F)(F)F)SC2)cc1. The molecule has 0 fully saturated rings. The normalized spacial score (nSPS) is 14.4. The molecule has 0 atom stereocenters. The number of nitro groups is 1. The molecule has 0 saturated carbocycles. The van der Waals surface area contributed by atoms with Crippen LogP contribution in [0.2, 0.25) is 0 Å². The fourth-order valence-electron chi connectivity index (χ4n) is 1.82. The standard InChI is InChI=1S/C11H6F3N5O2S/c12-11(13,14)9-15-16-10-18(9)17-8(5-22-10)6-1-3-7(4-2-6)19(20)21/h1-4H,5H2. The molecule has 1 aliphatic heterocycles. The van der Waals surface area contributed by atoms with E-state index in [1.165, 1.54) is 24.3 Å². The van der Waals surface area contributed by atoms with Crippen molar-refractivity contribution in [3.05, 3.63) is 45.8 Å². The average molecular weight is 329 g/mol. The highest BCUT2D eigenvalue weighted by Crippen LogP contribution is 2.32. The Morgan fingerprint density at radius 2 is 1.91 bits per heavy atom. The van der Waals surface area contributed by atoms with Crippen LogP contribution in [0.15, 0.2) is 34.5 Å². The van der Waals surface area contributed by atoms with Crippen molar-refractivity contribution in [2.24, 2.45) is 5.10 Å². The molecule has 0 N–H and O–H groups in total. The second-order valence-corrected chi connectivity index (χ2v) is 5.20. The van der Waals surface area contributed by atoms with Crippen LogP contribution in [0.4, 0.5) is 18.9 Å². The molecule has 0 spiro atoms. The van der Waals surface area contributed by atoms with Crippen molar-refractivity contribution >= 4 is 23.2 Å². The van der Waals surface area contributed by atoms with Crippen LogP contribution in [0, 0.1) is 10.1 Å². The van der Waals surface area contributed by atoms with Crippen molar-refractivity contribution in [2.45, 2.75) is 11.3 Å². The van der Waals surface area contributed by atoms with E-state index in [0.29, 0.717) is 21.7 Å². The third-order valence-corrected chi connectivity index (χ3v) is 3.77. The van der Waals surface area contributed by atoms with Gasteiger partial charge in [-0.2, -0.15) is 22.9 Å². The largest absolute Gasteiger partial charge is 0.453 e. The highest BCUT2D eigenvalue weighted by Gasteiger charge is 2.39. The number of halogens is 3. The number of hydrogen-bond acceptors (Lipinski definition) is 6. The number of nitro benzene ring substituents is 1. The minimum atomic E-state index is -4.66. The predicted molar refractivity (Wildman–Crippen MR) is 70.8 cm³/mol. The first-order valence-corrected chi connectivity index (χ1v) is 6.83. The summed E-state index contributed by atoms with van der Waals surface area (Å²) in [5.41, 5.74) is 0.761. The molecule has 1 aromatic heterocycles. The van der Waals surface area contributed by atoms with Gasteiger partial charge in [-0.25, -0.2) is 0 Å². The second kappa shape index (κ2) is 5.09. The number of benzene rings is 1. The fraction of sp³-hybridized carbons (Fsp3) is 0.182. The Kier molecular flexibility index (Phi) is 3.35. The lowest BCUT2D eigenvalue weighted by Crippen LogP contribution is -2.18. The first-order valence-electron chi connectivity index (χ1n) is 5.84. The molecule has 0 unspecified atom stereocenters. The summed E-state index contributed by atoms with van der Waals surface area (Å²) in [6.45, 7) is 0. The molecule has 3 rings (SSSR count). The molecule has 0 bridgehead atoms. The van der Waals surface area contributed by atoms with E-state index in [-0.39, 0.29) is 10.8 Å². The van der Waals surface area contributed by atoms with Gasteiger partial charge in [-0.3, -0.25) is 10.1 Å². The summed E-state index contributed by atoms with van der Waals surface area (Å²) in [5.74, 6) is -0.900. The summed E-state index contributed by atoms with van der Waals surface area (Å²) in [6.07, 6.45) is -4.66. The Hall–Kier alpha value is -2.43. The van der Waals surface area contributed by atoms with Crippen molar-refractivity contribution in [3.8, 4) is 0 Å². The van der Waals surface area contributed by atoms with E-state index in [9.17, 15) is 23.3 Å². The maximum absolute atomic E-state index is 12.8. The average Bonchev–Trinajstić information content (AvgIpc) is 2.90. The van der Waals surface area contributed by atoms with E-state index in [1.54, 1.807) is 0 Å². The summed E-state index contributed by atoms with van der Waals surface area (Å²) in [7, 11) is 0. The minimum absolute atomic E-state index is 0.0537. The lowest BCUT2D eigenvalue weighted by Gasteiger charge is -2.14. The highest BCUT2D eigenvalue weighted by atomic mass is 32.2. The fourth-order valence-corrected chi connectivity index (χ4v) is 2.66. The van der Waals surface area contributed by atoms with E-state index >= 15 is 0 Å². The Labute approximate surface area is 125 Å². The number of alkyl halides is 3. The summed E-state index contributed by atoms with van der Waals surface area (Å²) >= 11 is 1.06. The van der Waals surface area contributed by atoms with E-state index in [4.69, 9.17) is 0 Å². The van der Waals surface area contributed by atoms with Gasteiger partial charge in [0, 0.05) is 17.9 Å². The van der Waals surface area contributed by atoms with Crippen LogP contribution >= 0.6 is 11.8 Å². The first kappa shape index (κ1) is 14.5. The van der Waals surface area contributed by atoms with Crippen LogP contribution in [-0.4, -0.2) is 31.3 Å². The number of thioether (sulfide) groups is 1. The van der Waals surface area contributed by atoms with Gasteiger partial charge in [0.1, 0.15) is 0 Å². The Balaban J connectivity index is 2.00. The monoisotopic (exact) mass is 329 g/mol. The van der Waals surface area contributed by atoms with E-state index in [1.807, 2.05) is 0 Å². The molecule has 2 heterocycles. The highest BCUT2D eigenvalue weighted by molar-refractivity contribution is 7.99. The van der Waals surface area contributed by atoms with Gasteiger partial charge in [0.15, 0.2) is 0 Å². The van der Waals surface area contributed by atoms with E-state index in [2.05, 4.69) is 15.3 Å². The van der Waals surface area contributed by atoms with Crippen molar-refractivity contribution in [1.82, 2.24) is 14.9 Å². The van der Waals surface area contributed by atoms with Gasteiger partial charge in [-0.05, 0) is 17.7 Å². The maximum Gasteiger partial charge on any atom is 0.453 e. The molecule has 0 amide bonds. The Bertz CT molecular complexity index is 769. The van der Waals surface area contributed by atoms with Crippen molar-refractivity contribution in [3.63, 3.8) is 0 Å². The lowest BCUT2D eigenvalue weighted by molar-refractivity contribution is -0.384. The Morgan fingerprint density at radius 3 is 2.50 bits per heavy atom. The molecule has 1 aromatic carbocycles. The van der Waals surface area contributed by atoms with Crippen LogP contribution < -0.4 is 0 Å². The molecule has 22 heavy (non-hydrogen) atoms. The summed E-state index contributed by atoms with van der Waals surface area (Å²) in [4.78, 5) is 10.0. The van der Waals surface area contributed by atoms with Crippen molar-refractivity contribution in [1.29, 1.82) is 0 Å². The van der Waals surface area contributed by atoms with E-state index < -0.39 is 16.9 Å². The van der Waals surface area contributed by atoms with Gasteiger partial charge in [-0.15, -0.1) is 10.2 Å². The molecule has 7 nitrogen and oxygen atoms in total.